The van der Waals surface area contributed by atoms with Crippen LogP contribution in [-0.4, -0.2) is 15.0 Å². The van der Waals surface area contributed by atoms with Gasteiger partial charge in [0.2, 0.25) is 0 Å². The number of aromatic nitrogens is 3. The number of aryl methyl sites for hydroxylation is 1. The van der Waals surface area contributed by atoms with Crippen LogP contribution in [0.3, 0.4) is 0 Å². The van der Waals surface area contributed by atoms with Crippen LogP contribution in [0.4, 0.5) is 5.69 Å². The summed E-state index contributed by atoms with van der Waals surface area (Å²) < 4.78 is 1.77. The van der Waals surface area contributed by atoms with Gasteiger partial charge in [-0.05, 0) is 38.1 Å². The Bertz CT molecular complexity index is 687. The second kappa shape index (κ2) is 5.46. The summed E-state index contributed by atoms with van der Waals surface area (Å²) in [5, 5.41) is 11.5. The standard InChI is InChI=1S/C15H16N4S/c1-11-7-8-15(20-11)12(2)17-13-5-3-4-6-14(13)19-10-9-16-18-19/h3-10,12,17H,1-2H3. The van der Waals surface area contributed by atoms with E-state index in [1.807, 2.05) is 35.7 Å². The number of para-hydroxylation sites is 2. The van der Waals surface area contributed by atoms with Crippen molar-refractivity contribution in [1.82, 2.24) is 15.0 Å². The number of hydrogen-bond acceptors (Lipinski definition) is 4. The van der Waals surface area contributed by atoms with Crippen LogP contribution in [0.2, 0.25) is 0 Å². The molecule has 3 aromatic rings. The van der Waals surface area contributed by atoms with Crippen molar-refractivity contribution in [3.05, 3.63) is 58.5 Å². The van der Waals surface area contributed by atoms with Crippen molar-refractivity contribution >= 4 is 17.0 Å². The molecule has 4 nitrogen and oxygen atoms in total. The molecule has 1 atom stereocenters. The summed E-state index contributed by atoms with van der Waals surface area (Å²) in [4.78, 5) is 2.66. The molecule has 0 spiro atoms. The monoisotopic (exact) mass is 284 g/mol. The summed E-state index contributed by atoms with van der Waals surface area (Å²) in [6.07, 6.45) is 3.53. The second-order valence-electron chi connectivity index (χ2n) is 4.68. The zero-order valence-corrected chi connectivity index (χ0v) is 12.3. The van der Waals surface area contributed by atoms with Gasteiger partial charge in [-0.25, -0.2) is 4.68 Å². The molecule has 0 aliphatic rings. The molecular weight excluding hydrogens is 268 g/mol. The number of nitrogens with one attached hydrogen (secondary N) is 1. The van der Waals surface area contributed by atoms with Crippen molar-refractivity contribution in [2.24, 2.45) is 0 Å². The SMILES string of the molecule is Cc1ccc(C(C)Nc2ccccc2-n2ccnn2)s1. The lowest BCUT2D eigenvalue weighted by molar-refractivity contribution is 0.799. The predicted octanol–water partition coefficient (Wildman–Crippen LogP) is 3.81. The topological polar surface area (TPSA) is 42.7 Å². The van der Waals surface area contributed by atoms with E-state index in [0.29, 0.717) is 0 Å². The lowest BCUT2D eigenvalue weighted by Crippen LogP contribution is -2.08. The van der Waals surface area contributed by atoms with Gasteiger partial charge in [0.15, 0.2) is 0 Å². The molecule has 0 bridgehead atoms. The molecule has 1 N–H and O–H groups in total. The Morgan fingerprint density at radius 2 is 2.05 bits per heavy atom. The first-order valence-corrected chi connectivity index (χ1v) is 7.34. The first-order chi connectivity index (χ1) is 9.74. The maximum absolute atomic E-state index is 4.06. The Labute approximate surface area is 122 Å². The first-order valence-electron chi connectivity index (χ1n) is 6.52. The molecule has 0 radical (unpaired) electrons. The maximum Gasteiger partial charge on any atom is 0.0894 e. The van der Waals surface area contributed by atoms with Crippen LogP contribution in [-0.2, 0) is 0 Å². The number of anilines is 1. The Kier molecular flexibility index (Phi) is 3.52. The molecule has 20 heavy (non-hydrogen) atoms. The van der Waals surface area contributed by atoms with Crippen molar-refractivity contribution in [3.63, 3.8) is 0 Å². The molecule has 0 aliphatic carbocycles. The fraction of sp³-hybridized carbons (Fsp3) is 0.200. The Morgan fingerprint density at radius 1 is 1.20 bits per heavy atom. The van der Waals surface area contributed by atoms with Gasteiger partial charge in [0.1, 0.15) is 0 Å². The van der Waals surface area contributed by atoms with Crippen molar-refractivity contribution in [3.8, 4) is 5.69 Å². The third kappa shape index (κ3) is 2.58. The van der Waals surface area contributed by atoms with Crippen LogP contribution >= 0.6 is 11.3 Å². The van der Waals surface area contributed by atoms with Crippen LogP contribution in [0.15, 0.2) is 48.8 Å². The van der Waals surface area contributed by atoms with Gasteiger partial charge in [-0.2, -0.15) is 0 Å². The number of rotatable bonds is 4. The van der Waals surface area contributed by atoms with E-state index in [2.05, 4.69) is 47.7 Å². The molecule has 3 rings (SSSR count). The Hall–Kier alpha value is -2.14. The molecular formula is C15H16N4S. The van der Waals surface area contributed by atoms with E-state index in [-0.39, 0.29) is 6.04 Å². The summed E-state index contributed by atoms with van der Waals surface area (Å²) in [7, 11) is 0. The summed E-state index contributed by atoms with van der Waals surface area (Å²) in [6.45, 7) is 4.30. The number of benzene rings is 1. The lowest BCUT2D eigenvalue weighted by atomic mass is 10.2. The zero-order chi connectivity index (χ0) is 13.9. The fourth-order valence-corrected chi connectivity index (χ4v) is 3.00. The van der Waals surface area contributed by atoms with Crippen molar-refractivity contribution < 1.29 is 0 Å². The maximum atomic E-state index is 4.06. The van der Waals surface area contributed by atoms with Gasteiger partial charge in [-0.1, -0.05) is 17.3 Å². The minimum Gasteiger partial charge on any atom is -0.376 e. The van der Waals surface area contributed by atoms with E-state index in [9.17, 15) is 0 Å². The van der Waals surface area contributed by atoms with Crippen molar-refractivity contribution in [2.75, 3.05) is 5.32 Å². The van der Waals surface area contributed by atoms with E-state index in [4.69, 9.17) is 0 Å². The molecule has 0 amide bonds. The smallest absolute Gasteiger partial charge is 0.0894 e. The molecule has 0 aliphatic heterocycles. The number of nitrogens with zero attached hydrogens (tertiary/aromatic N) is 3. The first kappa shape index (κ1) is 12.9. The third-order valence-electron chi connectivity index (χ3n) is 3.13. The van der Waals surface area contributed by atoms with Crippen LogP contribution in [0.25, 0.3) is 5.69 Å². The van der Waals surface area contributed by atoms with Gasteiger partial charge in [0.25, 0.3) is 0 Å². The Balaban J connectivity index is 1.88. The summed E-state index contributed by atoms with van der Waals surface area (Å²) in [6, 6.07) is 12.7. The highest BCUT2D eigenvalue weighted by Gasteiger charge is 2.11. The van der Waals surface area contributed by atoms with Gasteiger partial charge in [0, 0.05) is 9.75 Å². The highest BCUT2D eigenvalue weighted by molar-refractivity contribution is 7.12. The molecule has 2 aromatic heterocycles. The summed E-state index contributed by atoms with van der Waals surface area (Å²) in [5.74, 6) is 0. The molecule has 102 valence electrons. The molecule has 0 fully saturated rings. The normalized spacial score (nSPS) is 12.3. The van der Waals surface area contributed by atoms with Crippen LogP contribution in [0.1, 0.15) is 22.7 Å². The van der Waals surface area contributed by atoms with Gasteiger partial charge in [-0.3, -0.25) is 0 Å². The molecule has 1 unspecified atom stereocenters. The minimum absolute atomic E-state index is 0.262. The van der Waals surface area contributed by atoms with E-state index < -0.39 is 0 Å². The van der Waals surface area contributed by atoms with Gasteiger partial charge < -0.3 is 5.32 Å². The van der Waals surface area contributed by atoms with E-state index in [1.165, 1.54) is 9.75 Å². The molecule has 0 saturated carbocycles. The van der Waals surface area contributed by atoms with Gasteiger partial charge in [0.05, 0.1) is 29.8 Å². The molecule has 5 heteroatoms. The van der Waals surface area contributed by atoms with E-state index >= 15 is 0 Å². The minimum atomic E-state index is 0.262. The average Bonchev–Trinajstić information content (AvgIpc) is 3.10. The molecule has 2 heterocycles. The van der Waals surface area contributed by atoms with E-state index in [1.54, 1.807) is 10.9 Å². The highest BCUT2D eigenvalue weighted by atomic mass is 32.1. The number of thiophene rings is 1. The Morgan fingerprint density at radius 3 is 2.75 bits per heavy atom. The third-order valence-corrected chi connectivity index (χ3v) is 4.32. The number of hydrogen-bond donors (Lipinski definition) is 1. The summed E-state index contributed by atoms with van der Waals surface area (Å²) >= 11 is 1.82. The van der Waals surface area contributed by atoms with Gasteiger partial charge >= 0.3 is 0 Å². The van der Waals surface area contributed by atoms with Crippen molar-refractivity contribution in [1.29, 1.82) is 0 Å². The van der Waals surface area contributed by atoms with Crippen LogP contribution in [0, 0.1) is 6.92 Å². The summed E-state index contributed by atoms with van der Waals surface area (Å²) in [5.41, 5.74) is 2.06. The van der Waals surface area contributed by atoms with E-state index in [0.717, 1.165) is 11.4 Å². The molecule has 1 aromatic carbocycles. The lowest BCUT2D eigenvalue weighted by Gasteiger charge is -2.16. The largest absolute Gasteiger partial charge is 0.376 e. The highest BCUT2D eigenvalue weighted by Crippen LogP contribution is 2.28. The average molecular weight is 284 g/mol. The van der Waals surface area contributed by atoms with Crippen LogP contribution < -0.4 is 5.32 Å². The predicted molar refractivity (Wildman–Crippen MR) is 82.5 cm³/mol. The zero-order valence-electron chi connectivity index (χ0n) is 11.4. The second-order valence-corrected chi connectivity index (χ2v) is 6.00. The fourth-order valence-electron chi connectivity index (χ4n) is 2.12. The molecule has 0 saturated heterocycles. The van der Waals surface area contributed by atoms with Crippen molar-refractivity contribution in [2.45, 2.75) is 19.9 Å². The van der Waals surface area contributed by atoms with Crippen LogP contribution in [0.5, 0.6) is 0 Å². The van der Waals surface area contributed by atoms with Gasteiger partial charge in [-0.15, -0.1) is 16.4 Å². The quantitative estimate of drug-likeness (QED) is 0.792.